The van der Waals surface area contributed by atoms with Gasteiger partial charge in [-0.05, 0) is 54.3 Å². The molecule has 2 aromatic heterocycles. The van der Waals surface area contributed by atoms with Crippen molar-refractivity contribution in [3.8, 4) is 6.07 Å². The summed E-state index contributed by atoms with van der Waals surface area (Å²) >= 11 is 0. The van der Waals surface area contributed by atoms with Crippen LogP contribution in [0.15, 0.2) is 18.3 Å². The molecule has 0 aromatic carbocycles. The van der Waals surface area contributed by atoms with E-state index in [1.807, 2.05) is 10.7 Å². The maximum absolute atomic E-state index is 8.79. The molecule has 0 unspecified atom stereocenters. The molecule has 2 aromatic rings. The van der Waals surface area contributed by atoms with Crippen molar-refractivity contribution in [2.24, 2.45) is 5.92 Å². The van der Waals surface area contributed by atoms with E-state index >= 15 is 0 Å². The molecule has 1 aliphatic heterocycles. The van der Waals surface area contributed by atoms with Crippen molar-refractivity contribution in [2.45, 2.75) is 31.8 Å². The summed E-state index contributed by atoms with van der Waals surface area (Å²) in [6, 6.07) is 6.25. The normalized spacial score (nSPS) is 20.9. The zero-order chi connectivity index (χ0) is 16.4. The number of nitrogens with one attached hydrogen (secondary N) is 1. The highest BCUT2D eigenvalue weighted by Gasteiger charge is 2.29. The Balaban J connectivity index is 1.27. The van der Waals surface area contributed by atoms with E-state index in [4.69, 9.17) is 5.26 Å². The molecule has 0 radical (unpaired) electrons. The second-order valence-electron chi connectivity index (χ2n) is 6.59. The monoisotopic (exact) mass is 324 g/mol. The molecular formula is C16H20N8. The third-order valence-electron chi connectivity index (χ3n) is 4.65. The number of likely N-dealkylation sites (tertiary alicyclic amines) is 1. The van der Waals surface area contributed by atoms with Crippen LogP contribution in [0.5, 0.6) is 0 Å². The van der Waals surface area contributed by atoms with Crippen molar-refractivity contribution in [3.63, 3.8) is 0 Å². The van der Waals surface area contributed by atoms with Crippen LogP contribution in [0.4, 0.5) is 5.82 Å². The molecule has 2 aliphatic rings. The van der Waals surface area contributed by atoms with Gasteiger partial charge in [0, 0.05) is 19.3 Å². The molecule has 1 aliphatic carbocycles. The molecule has 0 amide bonds. The lowest BCUT2D eigenvalue weighted by Crippen LogP contribution is -2.24. The lowest BCUT2D eigenvalue weighted by atomic mass is 10.1. The van der Waals surface area contributed by atoms with Gasteiger partial charge in [-0.2, -0.15) is 5.26 Å². The Hall–Kier alpha value is -2.53. The van der Waals surface area contributed by atoms with Gasteiger partial charge in [-0.25, -0.2) is 9.67 Å². The molecule has 1 saturated heterocycles. The summed E-state index contributed by atoms with van der Waals surface area (Å²) in [5.74, 6) is 2.40. The minimum atomic E-state index is 0.525. The van der Waals surface area contributed by atoms with Crippen LogP contribution in [-0.4, -0.2) is 49.7 Å². The summed E-state index contributed by atoms with van der Waals surface area (Å²) in [6.45, 7) is 3.84. The zero-order valence-electron chi connectivity index (χ0n) is 13.5. The summed E-state index contributed by atoms with van der Waals surface area (Å²) in [6.07, 6.45) is 5.15. The molecule has 4 rings (SSSR count). The average molecular weight is 324 g/mol. The summed E-state index contributed by atoms with van der Waals surface area (Å²) < 4.78 is 1.99. The van der Waals surface area contributed by atoms with Crippen molar-refractivity contribution in [1.82, 2.24) is 30.1 Å². The molecule has 0 spiro atoms. The van der Waals surface area contributed by atoms with Crippen LogP contribution >= 0.6 is 0 Å². The van der Waals surface area contributed by atoms with E-state index in [0.717, 1.165) is 44.2 Å². The third-order valence-corrected chi connectivity index (χ3v) is 4.65. The molecule has 1 N–H and O–H groups in total. The van der Waals surface area contributed by atoms with Gasteiger partial charge in [0.05, 0.1) is 18.2 Å². The van der Waals surface area contributed by atoms with Gasteiger partial charge in [-0.3, -0.25) is 4.90 Å². The topological polar surface area (TPSA) is 95.5 Å². The van der Waals surface area contributed by atoms with E-state index in [0.29, 0.717) is 17.5 Å². The fourth-order valence-corrected chi connectivity index (χ4v) is 3.16. The first-order chi connectivity index (χ1) is 11.8. The third kappa shape index (κ3) is 3.36. The molecule has 8 heteroatoms. The van der Waals surface area contributed by atoms with Crippen molar-refractivity contribution in [2.75, 3.05) is 25.0 Å². The van der Waals surface area contributed by atoms with Gasteiger partial charge in [-0.1, -0.05) is 0 Å². The highest BCUT2D eigenvalue weighted by Crippen LogP contribution is 2.34. The summed E-state index contributed by atoms with van der Waals surface area (Å²) in [5.41, 5.74) is 0.584. The Morgan fingerprint density at radius 3 is 2.96 bits per heavy atom. The highest BCUT2D eigenvalue weighted by atomic mass is 15.6. The number of aromatic nitrogens is 5. The fourth-order valence-electron chi connectivity index (χ4n) is 3.16. The van der Waals surface area contributed by atoms with E-state index < -0.39 is 0 Å². The molecular weight excluding hydrogens is 304 g/mol. The lowest BCUT2D eigenvalue weighted by molar-refractivity contribution is 0.302. The van der Waals surface area contributed by atoms with Gasteiger partial charge >= 0.3 is 0 Å². The first-order valence-corrected chi connectivity index (χ1v) is 8.41. The fraction of sp³-hybridized carbons (Fsp3) is 0.562. The van der Waals surface area contributed by atoms with Crippen LogP contribution in [0, 0.1) is 17.2 Å². The molecule has 1 atom stereocenters. The number of rotatable bonds is 6. The predicted octanol–water partition coefficient (Wildman–Crippen LogP) is 1.21. The van der Waals surface area contributed by atoms with Gasteiger partial charge < -0.3 is 5.32 Å². The SMILES string of the molecule is N#Cc1ccc(NC[C@H]2CCN(Cc3nnnn3C3CC3)C2)nc1. The van der Waals surface area contributed by atoms with E-state index in [2.05, 4.69) is 36.8 Å². The number of hydrogen-bond acceptors (Lipinski definition) is 7. The molecule has 0 bridgehead atoms. The van der Waals surface area contributed by atoms with E-state index in [1.165, 1.54) is 12.8 Å². The van der Waals surface area contributed by atoms with Crippen LogP contribution < -0.4 is 5.32 Å². The summed E-state index contributed by atoms with van der Waals surface area (Å²) in [7, 11) is 0. The van der Waals surface area contributed by atoms with Gasteiger partial charge in [-0.15, -0.1) is 5.10 Å². The zero-order valence-corrected chi connectivity index (χ0v) is 13.5. The predicted molar refractivity (Wildman–Crippen MR) is 86.9 cm³/mol. The highest BCUT2D eigenvalue weighted by molar-refractivity contribution is 5.38. The summed E-state index contributed by atoms with van der Waals surface area (Å²) in [4.78, 5) is 6.67. The molecule has 24 heavy (non-hydrogen) atoms. The Bertz CT molecular complexity index is 727. The van der Waals surface area contributed by atoms with Gasteiger partial charge in [0.25, 0.3) is 0 Å². The van der Waals surface area contributed by atoms with Crippen molar-refractivity contribution < 1.29 is 0 Å². The van der Waals surface area contributed by atoms with Crippen LogP contribution in [0.2, 0.25) is 0 Å². The standard InChI is InChI=1S/C16H20N8/c17-7-12-1-4-15(18-8-12)19-9-13-5-6-23(10-13)11-16-20-21-22-24(16)14-2-3-14/h1,4,8,13-14H,2-3,5-6,9-11H2,(H,18,19)/t13-/m1/s1. The van der Waals surface area contributed by atoms with Crippen LogP contribution in [0.3, 0.4) is 0 Å². The Morgan fingerprint density at radius 1 is 1.29 bits per heavy atom. The minimum absolute atomic E-state index is 0.525. The number of hydrogen-bond donors (Lipinski definition) is 1. The van der Waals surface area contributed by atoms with E-state index in [9.17, 15) is 0 Å². The second kappa shape index (κ2) is 6.53. The Morgan fingerprint density at radius 2 is 2.21 bits per heavy atom. The van der Waals surface area contributed by atoms with Gasteiger partial charge in [0.15, 0.2) is 5.82 Å². The van der Waals surface area contributed by atoms with Crippen molar-refractivity contribution in [3.05, 3.63) is 29.7 Å². The van der Waals surface area contributed by atoms with Crippen LogP contribution in [0.1, 0.15) is 36.7 Å². The first kappa shape index (κ1) is 15.0. The summed E-state index contributed by atoms with van der Waals surface area (Å²) in [5, 5.41) is 24.3. The number of nitriles is 1. The first-order valence-electron chi connectivity index (χ1n) is 8.41. The molecule has 1 saturated carbocycles. The number of tetrazole rings is 1. The molecule has 2 fully saturated rings. The largest absolute Gasteiger partial charge is 0.370 e. The smallest absolute Gasteiger partial charge is 0.165 e. The quantitative estimate of drug-likeness (QED) is 0.853. The van der Waals surface area contributed by atoms with E-state index in [1.54, 1.807) is 12.3 Å². The second-order valence-corrected chi connectivity index (χ2v) is 6.59. The maximum atomic E-state index is 8.79. The minimum Gasteiger partial charge on any atom is -0.370 e. The van der Waals surface area contributed by atoms with Crippen molar-refractivity contribution >= 4 is 5.82 Å². The number of nitrogens with zero attached hydrogens (tertiary/aromatic N) is 7. The van der Waals surface area contributed by atoms with Gasteiger partial charge in [0.1, 0.15) is 11.9 Å². The Labute approximate surface area is 140 Å². The average Bonchev–Trinajstić information content (AvgIpc) is 3.19. The Kier molecular flexibility index (Phi) is 4.09. The number of anilines is 1. The van der Waals surface area contributed by atoms with Crippen LogP contribution in [-0.2, 0) is 6.54 Å². The molecule has 124 valence electrons. The van der Waals surface area contributed by atoms with Crippen LogP contribution in [0.25, 0.3) is 0 Å². The number of pyridine rings is 1. The van der Waals surface area contributed by atoms with Crippen molar-refractivity contribution in [1.29, 1.82) is 5.26 Å². The molecule has 8 nitrogen and oxygen atoms in total. The van der Waals surface area contributed by atoms with E-state index in [-0.39, 0.29) is 0 Å². The van der Waals surface area contributed by atoms with Gasteiger partial charge in [0.2, 0.25) is 0 Å². The maximum Gasteiger partial charge on any atom is 0.165 e. The molecule has 3 heterocycles. The lowest BCUT2D eigenvalue weighted by Gasteiger charge is -2.16.